The summed E-state index contributed by atoms with van der Waals surface area (Å²) in [5.74, 6) is 3.22. The lowest BCUT2D eigenvalue weighted by Gasteiger charge is -2.16. The van der Waals surface area contributed by atoms with Crippen LogP contribution in [0.4, 0.5) is 5.69 Å². The minimum absolute atomic E-state index is 0.126. The van der Waals surface area contributed by atoms with Crippen molar-refractivity contribution in [2.45, 2.75) is 45.1 Å². The van der Waals surface area contributed by atoms with Gasteiger partial charge in [-0.1, -0.05) is 24.2 Å². The fourth-order valence-corrected chi connectivity index (χ4v) is 6.34. The lowest BCUT2D eigenvalue weighted by atomic mass is 9.94. The molecule has 2 aliphatic rings. The lowest BCUT2D eigenvalue weighted by Crippen LogP contribution is -2.41. The first-order valence-corrected chi connectivity index (χ1v) is 13.5. The Hall–Kier alpha value is -2.32. The highest BCUT2D eigenvalue weighted by Gasteiger charge is 2.23. The summed E-state index contributed by atoms with van der Waals surface area (Å²) in [6.07, 6.45) is 10.4. The maximum Gasteiger partial charge on any atom is 0.224 e. The minimum Gasteiger partial charge on any atom is -0.355 e. The maximum absolute atomic E-state index is 12.4. The Morgan fingerprint density at radius 3 is 2.85 bits per heavy atom. The first kappa shape index (κ1) is 24.8. The van der Waals surface area contributed by atoms with Crippen molar-refractivity contribution in [2.24, 2.45) is 0 Å². The van der Waals surface area contributed by atoms with Gasteiger partial charge in [0, 0.05) is 66.2 Å². The molecule has 1 aliphatic carbocycles. The van der Waals surface area contributed by atoms with Crippen molar-refractivity contribution >= 4 is 68.8 Å². The van der Waals surface area contributed by atoms with E-state index in [1.165, 1.54) is 36.0 Å². The number of thiocarbonyl (C=S) groups is 1. The molecule has 2 heterocycles. The molecule has 2 amide bonds. The topological polar surface area (TPSA) is 77.4 Å². The van der Waals surface area contributed by atoms with Crippen LogP contribution < -0.4 is 20.5 Å². The SMILES string of the molecule is C#CC[n+]1c2c(cc3cc(NC(=O)CCC(=O)NCCSN4CNC(=S)S4)ccc31)CCCC2. The molecule has 0 bridgehead atoms. The Morgan fingerprint density at radius 1 is 1.24 bits per heavy atom. The van der Waals surface area contributed by atoms with Crippen LogP contribution in [-0.4, -0.2) is 38.8 Å². The van der Waals surface area contributed by atoms with E-state index in [4.69, 9.17) is 18.6 Å². The Morgan fingerprint density at radius 2 is 2.06 bits per heavy atom. The summed E-state index contributed by atoms with van der Waals surface area (Å²) in [6.45, 7) is 1.78. The van der Waals surface area contributed by atoms with E-state index in [-0.39, 0.29) is 24.7 Å². The molecule has 7 nitrogen and oxygen atoms in total. The highest BCUT2D eigenvalue weighted by molar-refractivity contribution is 8.27. The summed E-state index contributed by atoms with van der Waals surface area (Å²) in [5.41, 5.74) is 4.48. The second-order valence-corrected chi connectivity index (χ2v) is 11.2. The normalized spacial score (nSPS) is 15.4. The van der Waals surface area contributed by atoms with Crippen molar-refractivity contribution in [3.63, 3.8) is 0 Å². The molecule has 1 aromatic carbocycles. The largest absolute Gasteiger partial charge is 0.355 e. The number of carbonyl (C=O) groups excluding carboxylic acids is 2. The number of benzene rings is 1. The van der Waals surface area contributed by atoms with Gasteiger partial charge in [0.25, 0.3) is 0 Å². The molecule has 1 aliphatic heterocycles. The van der Waals surface area contributed by atoms with Crippen molar-refractivity contribution in [1.82, 2.24) is 14.3 Å². The molecule has 0 radical (unpaired) electrons. The molecule has 1 aromatic heterocycles. The molecule has 1 fully saturated rings. The van der Waals surface area contributed by atoms with Crippen molar-refractivity contribution in [3.05, 3.63) is 35.5 Å². The van der Waals surface area contributed by atoms with Gasteiger partial charge in [0.1, 0.15) is 0 Å². The number of carbonyl (C=O) groups is 2. The Balaban J connectivity index is 1.27. The number of aromatic nitrogens is 1. The van der Waals surface area contributed by atoms with Crippen LogP contribution in [0.25, 0.3) is 10.9 Å². The molecule has 0 spiro atoms. The highest BCUT2D eigenvalue weighted by Crippen LogP contribution is 2.26. The molecule has 2 aromatic rings. The van der Waals surface area contributed by atoms with E-state index in [2.05, 4.69) is 32.5 Å². The summed E-state index contributed by atoms with van der Waals surface area (Å²) in [7, 11) is 0. The average molecular weight is 515 g/mol. The number of rotatable bonds is 9. The number of aryl methyl sites for hydroxylation is 1. The number of fused-ring (bicyclic) bond motifs is 2. The predicted molar refractivity (Wildman–Crippen MR) is 143 cm³/mol. The number of hydrogen-bond donors (Lipinski definition) is 3. The summed E-state index contributed by atoms with van der Waals surface area (Å²) in [5, 5.41) is 9.92. The first-order valence-electron chi connectivity index (χ1n) is 11.4. The van der Waals surface area contributed by atoms with E-state index >= 15 is 0 Å². The molecular weight excluding hydrogens is 486 g/mol. The third-order valence-electron chi connectivity index (χ3n) is 5.76. The predicted octanol–water partition coefficient (Wildman–Crippen LogP) is 2.92. The molecule has 0 unspecified atom stereocenters. The van der Waals surface area contributed by atoms with Gasteiger partial charge in [-0.15, -0.1) is 6.42 Å². The molecule has 0 atom stereocenters. The van der Waals surface area contributed by atoms with E-state index in [1.807, 2.05) is 21.9 Å². The molecule has 0 saturated carbocycles. The Kier molecular flexibility index (Phi) is 8.67. The molecular formula is C24H28N5O2S3+. The smallest absolute Gasteiger partial charge is 0.224 e. The zero-order valence-electron chi connectivity index (χ0n) is 18.9. The lowest BCUT2D eigenvalue weighted by molar-refractivity contribution is -0.667. The van der Waals surface area contributed by atoms with E-state index in [0.29, 0.717) is 19.8 Å². The van der Waals surface area contributed by atoms with Crippen LogP contribution in [0.2, 0.25) is 0 Å². The molecule has 178 valence electrons. The number of pyridine rings is 1. The fraction of sp³-hybridized carbons (Fsp3) is 0.417. The summed E-state index contributed by atoms with van der Waals surface area (Å²) in [6, 6.07) is 8.13. The van der Waals surface area contributed by atoms with Crippen LogP contribution in [0.3, 0.4) is 0 Å². The minimum atomic E-state index is -0.175. The first-order chi connectivity index (χ1) is 16.5. The van der Waals surface area contributed by atoms with E-state index < -0.39 is 0 Å². The van der Waals surface area contributed by atoms with Crippen molar-refractivity contribution in [3.8, 4) is 12.3 Å². The van der Waals surface area contributed by atoms with Gasteiger partial charge in [0.2, 0.25) is 23.9 Å². The molecule has 3 N–H and O–H groups in total. The standard InChI is InChI=1S/C24H27N5O2S3/c1-2-12-28-20-6-4-3-5-17(20)14-18-15-19(7-8-21(18)28)27-23(31)10-9-22(30)25-11-13-33-29-16-26-24(32)34-29/h1,7-8,14-15H,3-6,9-13,16H2,(H2-,25,26,27,30,31,32)/p+1. The highest BCUT2D eigenvalue weighted by atomic mass is 32.2. The third-order valence-corrected chi connectivity index (χ3v) is 8.12. The molecule has 10 heteroatoms. The average Bonchev–Trinajstić information content (AvgIpc) is 3.25. The second-order valence-electron chi connectivity index (χ2n) is 8.16. The maximum atomic E-state index is 12.4. The number of amides is 2. The van der Waals surface area contributed by atoms with Crippen LogP contribution in [0.1, 0.15) is 36.9 Å². The van der Waals surface area contributed by atoms with Gasteiger partial charge >= 0.3 is 0 Å². The van der Waals surface area contributed by atoms with E-state index in [1.54, 1.807) is 11.9 Å². The second kappa shape index (κ2) is 11.9. The van der Waals surface area contributed by atoms with Gasteiger partial charge in [-0.05, 0) is 43.4 Å². The van der Waals surface area contributed by atoms with Crippen molar-refractivity contribution in [1.29, 1.82) is 0 Å². The molecule has 34 heavy (non-hydrogen) atoms. The zero-order valence-corrected chi connectivity index (χ0v) is 21.3. The fourth-order valence-electron chi connectivity index (χ4n) is 4.21. The van der Waals surface area contributed by atoms with Crippen molar-refractivity contribution in [2.75, 3.05) is 24.3 Å². The van der Waals surface area contributed by atoms with Gasteiger partial charge in [0.15, 0.2) is 10.0 Å². The number of terminal acetylenes is 1. The van der Waals surface area contributed by atoms with Gasteiger partial charge in [-0.3, -0.25) is 9.59 Å². The summed E-state index contributed by atoms with van der Waals surface area (Å²) in [4.78, 5) is 24.5. The summed E-state index contributed by atoms with van der Waals surface area (Å²) < 4.78 is 5.03. The van der Waals surface area contributed by atoms with Crippen LogP contribution >= 0.6 is 36.1 Å². The Bertz CT molecular complexity index is 1150. The monoisotopic (exact) mass is 514 g/mol. The Labute approximate surface area is 214 Å². The third kappa shape index (κ3) is 6.42. The molecule has 1 saturated heterocycles. The number of anilines is 1. The molecule has 4 rings (SSSR count). The van der Waals surface area contributed by atoms with Crippen molar-refractivity contribution < 1.29 is 14.2 Å². The van der Waals surface area contributed by atoms with E-state index in [9.17, 15) is 9.59 Å². The summed E-state index contributed by atoms with van der Waals surface area (Å²) >= 11 is 8.17. The van der Waals surface area contributed by atoms with Gasteiger partial charge in [-0.25, -0.2) is 0 Å². The van der Waals surface area contributed by atoms with Crippen LogP contribution in [0, 0.1) is 12.3 Å². The number of nitrogens with zero attached hydrogens (tertiary/aromatic N) is 2. The van der Waals surface area contributed by atoms with Crippen LogP contribution in [0.5, 0.6) is 0 Å². The zero-order chi connectivity index (χ0) is 23.9. The van der Waals surface area contributed by atoms with Crippen LogP contribution in [-0.2, 0) is 29.0 Å². The van der Waals surface area contributed by atoms with Gasteiger partial charge < -0.3 is 16.0 Å². The van der Waals surface area contributed by atoms with Gasteiger partial charge in [-0.2, -0.15) is 8.28 Å². The van der Waals surface area contributed by atoms with Crippen LogP contribution in [0.15, 0.2) is 24.3 Å². The number of nitrogens with one attached hydrogen (secondary N) is 3. The quantitative estimate of drug-likeness (QED) is 0.156. The number of hydrogen-bond acceptors (Lipinski definition) is 6. The van der Waals surface area contributed by atoms with Gasteiger partial charge in [0.05, 0.1) is 6.67 Å². The van der Waals surface area contributed by atoms with E-state index in [0.717, 1.165) is 39.5 Å².